The van der Waals surface area contributed by atoms with Gasteiger partial charge in [-0.25, -0.2) is 0 Å². The summed E-state index contributed by atoms with van der Waals surface area (Å²) in [5.74, 6) is 0.434. The highest BCUT2D eigenvalue weighted by Crippen LogP contribution is 2.12. The van der Waals surface area contributed by atoms with Crippen LogP contribution in [0.5, 0.6) is 0 Å². The van der Waals surface area contributed by atoms with E-state index in [4.69, 9.17) is 11.0 Å². The number of benzene rings is 1. The molecular weight excluding hydrogens is 274 g/mol. The topological polar surface area (TPSA) is 103 Å². The maximum atomic E-state index is 11.9. The van der Waals surface area contributed by atoms with Gasteiger partial charge in [0.2, 0.25) is 0 Å². The van der Waals surface area contributed by atoms with E-state index in [2.05, 4.69) is 15.6 Å². The molecule has 0 aromatic heterocycles. The maximum absolute atomic E-state index is 11.9. The first kappa shape index (κ1) is 14.0. The summed E-state index contributed by atoms with van der Waals surface area (Å²) in [5, 5.41) is 15.2. The first-order chi connectivity index (χ1) is 9.69. The minimum absolute atomic E-state index is 0.0166. The molecule has 102 valence electrons. The lowest BCUT2D eigenvalue weighted by atomic mass is 10.2. The molecule has 1 aliphatic rings. The van der Waals surface area contributed by atoms with E-state index in [1.54, 1.807) is 36.0 Å². The second kappa shape index (κ2) is 6.63. The van der Waals surface area contributed by atoms with Gasteiger partial charge < -0.3 is 16.4 Å². The van der Waals surface area contributed by atoms with Crippen LogP contribution in [0.4, 0.5) is 11.4 Å². The number of nitrogens with one attached hydrogen (secondary N) is 2. The lowest BCUT2D eigenvalue weighted by Gasteiger charge is -2.05. The zero-order valence-electron chi connectivity index (χ0n) is 10.6. The van der Waals surface area contributed by atoms with Gasteiger partial charge in [-0.3, -0.25) is 9.79 Å². The number of amidine groups is 1. The number of nitrogens with two attached hydrogens (primary N) is 1. The molecule has 0 saturated carbocycles. The predicted molar refractivity (Wildman–Crippen MR) is 81.1 cm³/mol. The van der Waals surface area contributed by atoms with Crippen LogP contribution in [0.3, 0.4) is 0 Å². The van der Waals surface area contributed by atoms with Gasteiger partial charge in [-0.1, -0.05) is 11.8 Å². The van der Waals surface area contributed by atoms with E-state index in [-0.39, 0.29) is 5.57 Å². The Kier molecular flexibility index (Phi) is 4.63. The van der Waals surface area contributed by atoms with Crippen LogP contribution < -0.4 is 16.4 Å². The van der Waals surface area contributed by atoms with Crippen LogP contribution >= 0.6 is 11.8 Å². The minimum Gasteiger partial charge on any atom is -0.399 e. The average molecular weight is 287 g/mol. The van der Waals surface area contributed by atoms with Crippen LogP contribution in [-0.4, -0.2) is 23.4 Å². The highest BCUT2D eigenvalue weighted by molar-refractivity contribution is 8.14. The standard InChI is InChI=1S/C13H13N5OS/c14-7-9(8-17-13-16-5-6-20-13)12(19)18-11-3-1-10(15)2-4-11/h1-4,8H,5-6,15H2,(H,16,17)(H,18,19)/b9-8-. The van der Waals surface area contributed by atoms with Crippen LogP contribution in [0.2, 0.25) is 0 Å². The molecule has 1 heterocycles. The Morgan fingerprint density at radius 3 is 2.80 bits per heavy atom. The highest BCUT2D eigenvalue weighted by Gasteiger charge is 2.11. The van der Waals surface area contributed by atoms with Crippen molar-refractivity contribution in [3.8, 4) is 6.07 Å². The number of carbonyl (C=O) groups is 1. The summed E-state index contributed by atoms with van der Waals surface area (Å²) >= 11 is 1.55. The number of thioether (sulfide) groups is 1. The zero-order chi connectivity index (χ0) is 14.4. The largest absolute Gasteiger partial charge is 0.399 e. The molecule has 0 saturated heterocycles. The second-order valence-corrected chi connectivity index (χ2v) is 5.01. The number of anilines is 2. The average Bonchev–Trinajstić information content (AvgIpc) is 2.95. The van der Waals surface area contributed by atoms with E-state index >= 15 is 0 Å². The lowest BCUT2D eigenvalue weighted by molar-refractivity contribution is -0.112. The van der Waals surface area contributed by atoms with Crippen molar-refractivity contribution in [3.63, 3.8) is 0 Å². The summed E-state index contributed by atoms with van der Waals surface area (Å²) in [5.41, 5.74) is 6.73. The Morgan fingerprint density at radius 2 is 2.20 bits per heavy atom. The molecule has 0 spiro atoms. The summed E-state index contributed by atoms with van der Waals surface area (Å²) in [6.45, 7) is 0.750. The van der Waals surface area contributed by atoms with Crippen molar-refractivity contribution in [3.05, 3.63) is 36.0 Å². The van der Waals surface area contributed by atoms with Crippen molar-refractivity contribution in [1.29, 1.82) is 5.26 Å². The van der Waals surface area contributed by atoms with Crippen molar-refractivity contribution >= 4 is 34.2 Å². The third-order valence-electron chi connectivity index (χ3n) is 2.46. The van der Waals surface area contributed by atoms with Gasteiger partial charge in [0.15, 0.2) is 5.17 Å². The van der Waals surface area contributed by atoms with Crippen LogP contribution in [0.25, 0.3) is 0 Å². The molecule has 1 aliphatic heterocycles. The molecule has 1 aromatic carbocycles. The smallest absolute Gasteiger partial charge is 0.267 e. The molecule has 0 bridgehead atoms. The summed E-state index contributed by atoms with van der Waals surface area (Å²) < 4.78 is 0. The third-order valence-corrected chi connectivity index (χ3v) is 3.37. The molecule has 2 rings (SSSR count). The second-order valence-electron chi connectivity index (χ2n) is 3.93. The lowest BCUT2D eigenvalue weighted by Crippen LogP contribution is -2.18. The van der Waals surface area contributed by atoms with Gasteiger partial charge in [0.25, 0.3) is 5.91 Å². The molecule has 4 N–H and O–H groups in total. The van der Waals surface area contributed by atoms with Gasteiger partial charge in [0, 0.05) is 23.3 Å². The number of carbonyl (C=O) groups excluding carboxylic acids is 1. The van der Waals surface area contributed by atoms with Gasteiger partial charge in [0.05, 0.1) is 6.54 Å². The molecule has 1 amide bonds. The first-order valence-electron chi connectivity index (χ1n) is 5.90. The Labute approximate surface area is 120 Å². The van der Waals surface area contributed by atoms with E-state index < -0.39 is 5.91 Å². The Hall–Kier alpha value is -2.46. The Bertz CT molecular complexity index is 600. The van der Waals surface area contributed by atoms with Crippen molar-refractivity contribution in [2.24, 2.45) is 4.99 Å². The van der Waals surface area contributed by atoms with E-state index in [0.29, 0.717) is 11.4 Å². The molecule has 20 heavy (non-hydrogen) atoms. The molecular formula is C13H13N5OS. The van der Waals surface area contributed by atoms with Gasteiger partial charge in [-0.2, -0.15) is 5.26 Å². The number of nitrogens with zero attached hydrogens (tertiary/aromatic N) is 2. The van der Waals surface area contributed by atoms with Crippen LogP contribution in [0.1, 0.15) is 0 Å². The fraction of sp³-hybridized carbons (Fsp3) is 0.154. The number of hydrogen-bond acceptors (Lipinski definition) is 6. The monoisotopic (exact) mass is 287 g/mol. The Balaban J connectivity index is 2.00. The molecule has 0 aliphatic carbocycles. The molecule has 0 atom stereocenters. The minimum atomic E-state index is -0.478. The summed E-state index contributed by atoms with van der Waals surface area (Å²) in [7, 11) is 0. The Morgan fingerprint density at radius 1 is 1.45 bits per heavy atom. The highest BCUT2D eigenvalue weighted by atomic mass is 32.2. The van der Waals surface area contributed by atoms with Crippen molar-refractivity contribution in [1.82, 2.24) is 5.32 Å². The summed E-state index contributed by atoms with van der Waals surface area (Å²) in [6.07, 6.45) is 1.36. The third kappa shape index (κ3) is 3.76. The quantitative estimate of drug-likeness (QED) is 0.442. The number of rotatable bonds is 3. The maximum Gasteiger partial charge on any atom is 0.267 e. The predicted octanol–water partition coefficient (Wildman–Crippen LogP) is 1.31. The van der Waals surface area contributed by atoms with Crippen LogP contribution in [0.15, 0.2) is 41.0 Å². The van der Waals surface area contributed by atoms with E-state index in [1.165, 1.54) is 6.20 Å². The van der Waals surface area contributed by atoms with E-state index in [9.17, 15) is 4.79 Å². The number of amides is 1. The van der Waals surface area contributed by atoms with Crippen molar-refractivity contribution < 1.29 is 4.79 Å². The number of nitriles is 1. The van der Waals surface area contributed by atoms with E-state index in [0.717, 1.165) is 17.5 Å². The normalized spacial score (nSPS) is 14.3. The molecule has 0 unspecified atom stereocenters. The fourth-order valence-corrected chi connectivity index (χ4v) is 2.17. The molecule has 7 heteroatoms. The first-order valence-corrected chi connectivity index (χ1v) is 6.88. The number of aliphatic imine (C=N–C) groups is 1. The molecule has 6 nitrogen and oxygen atoms in total. The van der Waals surface area contributed by atoms with Gasteiger partial charge in [-0.15, -0.1) is 0 Å². The van der Waals surface area contributed by atoms with Crippen LogP contribution in [0, 0.1) is 11.3 Å². The van der Waals surface area contributed by atoms with Gasteiger partial charge >= 0.3 is 0 Å². The number of hydrogen-bond donors (Lipinski definition) is 3. The van der Waals surface area contributed by atoms with Gasteiger partial charge in [0.1, 0.15) is 11.6 Å². The number of nitrogen functional groups attached to an aromatic ring is 1. The van der Waals surface area contributed by atoms with Crippen molar-refractivity contribution in [2.45, 2.75) is 0 Å². The van der Waals surface area contributed by atoms with Crippen molar-refractivity contribution in [2.75, 3.05) is 23.3 Å². The SMILES string of the molecule is N#C/C(=C/NC1=NCCS1)C(=O)Nc1ccc(N)cc1. The van der Waals surface area contributed by atoms with Gasteiger partial charge in [-0.05, 0) is 24.3 Å². The van der Waals surface area contributed by atoms with E-state index in [1.807, 2.05) is 6.07 Å². The fourth-order valence-electron chi connectivity index (χ4n) is 1.47. The summed E-state index contributed by atoms with van der Waals surface area (Å²) in [6, 6.07) is 8.55. The summed E-state index contributed by atoms with van der Waals surface area (Å²) in [4.78, 5) is 16.1. The molecule has 0 fully saturated rings. The molecule has 1 aromatic rings. The zero-order valence-corrected chi connectivity index (χ0v) is 11.4. The molecule has 0 radical (unpaired) electrons. The van der Waals surface area contributed by atoms with Crippen LogP contribution in [-0.2, 0) is 4.79 Å².